The van der Waals surface area contributed by atoms with Gasteiger partial charge in [-0.25, -0.2) is 0 Å². The standard InChI is InChI=1S/C30H39NO5/c1-5-24(25(6-2)30(33)34)29(32)31-22-11-12-27(26-9-8-10-28(18(26)4)35-7-3)21(14-22)17-36-23-15-19-13-20(19)16-23/h8-12,14,19-20,23-25H,5-7,13,15-17H2,1-4H3,(H,31,32)(H,33,34)/t19?,20?,23?,24-,25+/m0/s1. The van der Waals surface area contributed by atoms with Crippen LogP contribution in [0.5, 0.6) is 5.75 Å². The highest BCUT2D eigenvalue weighted by Gasteiger charge is 2.46. The van der Waals surface area contributed by atoms with Gasteiger partial charge in [-0.15, -0.1) is 0 Å². The number of hydrogen-bond donors (Lipinski definition) is 2. The van der Waals surface area contributed by atoms with E-state index in [1.54, 1.807) is 0 Å². The smallest absolute Gasteiger partial charge is 0.307 e. The minimum atomic E-state index is -0.928. The molecule has 6 nitrogen and oxygen atoms in total. The van der Waals surface area contributed by atoms with Crippen LogP contribution in [0, 0.1) is 30.6 Å². The normalized spacial score (nSPS) is 21.9. The van der Waals surface area contributed by atoms with Crippen LogP contribution >= 0.6 is 0 Å². The third-order valence-corrected chi connectivity index (χ3v) is 7.94. The number of nitrogens with one attached hydrogen (secondary N) is 1. The van der Waals surface area contributed by atoms with E-state index in [2.05, 4.69) is 18.3 Å². The van der Waals surface area contributed by atoms with Crippen LogP contribution in [0.25, 0.3) is 11.1 Å². The van der Waals surface area contributed by atoms with Crippen molar-refractivity contribution in [2.75, 3.05) is 11.9 Å². The fraction of sp³-hybridized carbons (Fsp3) is 0.533. The number of ether oxygens (including phenoxy) is 2. The van der Waals surface area contributed by atoms with E-state index in [4.69, 9.17) is 9.47 Å². The Morgan fingerprint density at radius 1 is 1.00 bits per heavy atom. The second-order valence-corrected chi connectivity index (χ2v) is 10.3. The number of fused-ring (bicyclic) bond motifs is 1. The molecule has 2 N–H and O–H groups in total. The number of carbonyl (C=O) groups excluding carboxylic acids is 1. The Morgan fingerprint density at radius 3 is 2.36 bits per heavy atom. The monoisotopic (exact) mass is 493 g/mol. The zero-order chi connectivity index (χ0) is 25.8. The largest absolute Gasteiger partial charge is 0.494 e. The molecule has 0 aliphatic heterocycles. The van der Waals surface area contributed by atoms with E-state index in [-0.39, 0.29) is 5.91 Å². The molecule has 1 amide bonds. The molecule has 2 aromatic carbocycles. The molecule has 2 aliphatic rings. The van der Waals surface area contributed by atoms with Crippen molar-refractivity contribution in [3.05, 3.63) is 47.5 Å². The van der Waals surface area contributed by atoms with Crippen LogP contribution in [-0.2, 0) is 20.9 Å². The molecule has 36 heavy (non-hydrogen) atoms. The van der Waals surface area contributed by atoms with Crippen LogP contribution in [0.2, 0.25) is 0 Å². The fourth-order valence-corrected chi connectivity index (χ4v) is 5.79. The molecule has 4 atom stereocenters. The van der Waals surface area contributed by atoms with E-state index in [0.717, 1.165) is 52.7 Å². The third-order valence-electron chi connectivity index (χ3n) is 7.94. The molecule has 0 radical (unpaired) electrons. The van der Waals surface area contributed by atoms with Gasteiger partial charge in [-0.3, -0.25) is 9.59 Å². The summed E-state index contributed by atoms with van der Waals surface area (Å²) in [4.78, 5) is 24.8. The number of aliphatic carboxylic acids is 1. The maximum Gasteiger partial charge on any atom is 0.307 e. The van der Waals surface area contributed by atoms with Crippen LogP contribution in [0.4, 0.5) is 5.69 Å². The quantitative estimate of drug-likeness (QED) is 0.355. The molecule has 2 aromatic rings. The lowest BCUT2D eigenvalue weighted by Gasteiger charge is -2.22. The predicted molar refractivity (Wildman–Crippen MR) is 141 cm³/mol. The molecule has 194 valence electrons. The van der Waals surface area contributed by atoms with Gasteiger partial charge >= 0.3 is 5.97 Å². The highest BCUT2D eigenvalue weighted by Crippen LogP contribution is 2.52. The van der Waals surface area contributed by atoms with Crippen LogP contribution in [0.3, 0.4) is 0 Å². The highest BCUT2D eigenvalue weighted by molar-refractivity contribution is 5.95. The average molecular weight is 494 g/mol. The zero-order valence-electron chi connectivity index (χ0n) is 21.9. The fourth-order valence-electron chi connectivity index (χ4n) is 5.79. The van der Waals surface area contributed by atoms with Gasteiger partial charge in [0, 0.05) is 5.69 Å². The Bertz CT molecular complexity index is 1090. The minimum absolute atomic E-state index is 0.253. The van der Waals surface area contributed by atoms with Gasteiger partial charge in [-0.1, -0.05) is 32.0 Å². The number of anilines is 1. The summed E-state index contributed by atoms with van der Waals surface area (Å²) >= 11 is 0. The first kappa shape index (κ1) is 26.2. The number of amides is 1. The molecule has 0 bridgehead atoms. The van der Waals surface area contributed by atoms with Gasteiger partial charge in [0.25, 0.3) is 0 Å². The summed E-state index contributed by atoms with van der Waals surface area (Å²) in [5.74, 6) is 0.0890. The number of hydrogen-bond acceptors (Lipinski definition) is 4. The maximum atomic E-state index is 13.1. The molecule has 2 saturated carbocycles. The second-order valence-electron chi connectivity index (χ2n) is 10.3. The SMILES string of the molecule is CCOc1cccc(-c2ccc(NC(=O)[C@@H](CC)[C@@H](CC)C(=O)O)cc2COC2CC3CC3C2)c1C. The third kappa shape index (κ3) is 5.75. The molecule has 2 fully saturated rings. The molecule has 2 aliphatic carbocycles. The van der Waals surface area contributed by atoms with E-state index < -0.39 is 17.8 Å². The summed E-state index contributed by atoms with van der Waals surface area (Å²) in [5.41, 5.74) is 4.87. The van der Waals surface area contributed by atoms with E-state index >= 15 is 0 Å². The summed E-state index contributed by atoms with van der Waals surface area (Å²) in [6, 6.07) is 12.0. The molecule has 4 rings (SSSR count). The first-order valence-corrected chi connectivity index (χ1v) is 13.4. The van der Waals surface area contributed by atoms with Gasteiger partial charge in [-0.05, 0) is 98.2 Å². The Balaban J connectivity index is 1.60. The predicted octanol–water partition coefficient (Wildman–Crippen LogP) is 6.45. The summed E-state index contributed by atoms with van der Waals surface area (Å²) in [6.45, 7) is 8.78. The first-order valence-electron chi connectivity index (χ1n) is 13.4. The molecule has 0 saturated heterocycles. The maximum absolute atomic E-state index is 13.1. The van der Waals surface area contributed by atoms with Crippen LogP contribution < -0.4 is 10.1 Å². The van der Waals surface area contributed by atoms with Crippen molar-refractivity contribution in [1.82, 2.24) is 0 Å². The van der Waals surface area contributed by atoms with Crippen molar-refractivity contribution in [3.8, 4) is 16.9 Å². The minimum Gasteiger partial charge on any atom is -0.494 e. The highest BCUT2D eigenvalue weighted by atomic mass is 16.5. The zero-order valence-corrected chi connectivity index (χ0v) is 21.9. The van der Waals surface area contributed by atoms with Crippen molar-refractivity contribution in [3.63, 3.8) is 0 Å². The van der Waals surface area contributed by atoms with Crippen molar-refractivity contribution in [2.24, 2.45) is 23.7 Å². The summed E-state index contributed by atoms with van der Waals surface area (Å²) in [7, 11) is 0. The van der Waals surface area contributed by atoms with Gasteiger partial charge in [0.05, 0.1) is 31.2 Å². The first-order chi connectivity index (χ1) is 17.4. The molecule has 0 aromatic heterocycles. The molecule has 0 spiro atoms. The average Bonchev–Trinajstić information content (AvgIpc) is 3.47. The van der Waals surface area contributed by atoms with E-state index in [1.807, 2.05) is 51.1 Å². The van der Waals surface area contributed by atoms with Gasteiger partial charge in [0.15, 0.2) is 0 Å². The lowest BCUT2D eigenvalue weighted by molar-refractivity contribution is -0.146. The molecule has 2 unspecified atom stereocenters. The number of benzene rings is 2. The van der Waals surface area contributed by atoms with Crippen LogP contribution in [0.15, 0.2) is 36.4 Å². The van der Waals surface area contributed by atoms with E-state index in [9.17, 15) is 14.7 Å². The summed E-state index contributed by atoms with van der Waals surface area (Å²) in [6.07, 6.45) is 4.81. The van der Waals surface area contributed by atoms with Gasteiger partial charge < -0.3 is 19.9 Å². The Kier molecular flexibility index (Phi) is 8.35. The number of carboxylic acid groups (broad SMARTS) is 1. The lowest BCUT2D eigenvalue weighted by Crippen LogP contribution is -2.33. The molecule has 6 heteroatoms. The van der Waals surface area contributed by atoms with Crippen molar-refractivity contribution < 1.29 is 24.2 Å². The molecule has 0 heterocycles. The van der Waals surface area contributed by atoms with Crippen molar-refractivity contribution in [2.45, 2.75) is 72.5 Å². The Morgan fingerprint density at radius 2 is 1.72 bits per heavy atom. The van der Waals surface area contributed by atoms with Gasteiger partial charge in [-0.2, -0.15) is 0 Å². The van der Waals surface area contributed by atoms with Gasteiger partial charge in [0.1, 0.15) is 5.75 Å². The van der Waals surface area contributed by atoms with Crippen LogP contribution in [-0.4, -0.2) is 29.7 Å². The van der Waals surface area contributed by atoms with E-state index in [0.29, 0.717) is 37.8 Å². The summed E-state index contributed by atoms with van der Waals surface area (Å²) < 4.78 is 12.2. The molecular formula is C30H39NO5. The Labute approximate surface area is 214 Å². The molecular weight excluding hydrogens is 454 g/mol. The topological polar surface area (TPSA) is 84.9 Å². The van der Waals surface area contributed by atoms with E-state index in [1.165, 1.54) is 6.42 Å². The number of carbonyl (C=O) groups is 2. The van der Waals surface area contributed by atoms with Crippen molar-refractivity contribution >= 4 is 17.6 Å². The van der Waals surface area contributed by atoms with Crippen LogP contribution in [0.1, 0.15) is 64.0 Å². The van der Waals surface area contributed by atoms with Gasteiger partial charge in [0.2, 0.25) is 5.91 Å². The van der Waals surface area contributed by atoms with Crippen molar-refractivity contribution in [1.29, 1.82) is 0 Å². The second kappa shape index (κ2) is 11.5. The summed E-state index contributed by atoms with van der Waals surface area (Å²) in [5, 5.41) is 12.6. The Hall–Kier alpha value is -2.86. The number of carboxylic acids is 1. The lowest BCUT2D eigenvalue weighted by atomic mass is 9.87. The number of rotatable bonds is 12.